The second-order valence-corrected chi connectivity index (χ2v) is 3.66. The molecule has 0 fully saturated rings. The number of benzene rings is 1. The summed E-state index contributed by atoms with van der Waals surface area (Å²) in [6.45, 7) is 0. The fourth-order valence-corrected chi connectivity index (χ4v) is 1.48. The van der Waals surface area contributed by atoms with Crippen molar-refractivity contribution in [2.24, 2.45) is 5.92 Å². The molecular weight excluding hydrogens is 208 g/mol. The lowest BCUT2D eigenvalue weighted by Crippen LogP contribution is -2.10. The molecule has 0 aliphatic heterocycles. The van der Waals surface area contributed by atoms with E-state index in [1.165, 1.54) is 0 Å². The molecule has 0 atom stereocenters. The fraction of sp³-hybridized carbons (Fsp3) is 0.182. The summed E-state index contributed by atoms with van der Waals surface area (Å²) in [5.41, 5.74) is 0.404. The van der Waals surface area contributed by atoms with Crippen LogP contribution in [0.1, 0.15) is 10.4 Å². The molecule has 0 aliphatic rings. The minimum absolute atomic E-state index is 0.404. The molecule has 0 saturated carbocycles. The molecule has 0 aromatic heterocycles. The van der Waals surface area contributed by atoms with Crippen LogP contribution in [0.4, 0.5) is 0 Å². The van der Waals surface area contributed by atoms with Gasteiger partial charge in [-0.05, 0) is 18.4 Å². The van der Waals surface area contributed by atoms with Gasteiger partial charge in [0.05, 0.1) is 12.1 Å². The Balaban J connectivity index is 2.94. The highest BCUT2D eigenvalue weighted by atomic mass is 32.2. The zero-order valence-corrected chi connectivity index (χ0v) is 8.91. The Labute approximate surface area is 92.3 Å². The van der Waals surface area contributed by atoms with Crippen LogP contribution >= 0.6 is 11.8 Å². The number of carbonyl (C=O) groups excluding carboxylic acids is 1. The molecule has 3 nitrogen and oxygen atoms in total. The summed E-state index contributed by atoms with van der Waals surface area (Å²) >= 11 is 1.57. The van der Waals surface area contributed by atoms with Crippen LogP contribution in [-0.2, 0) is 0 Å². The van der Waals surface area contributed by atoms with Crippen molar-refractivity contribution in [3.8, 4) is 12.1 Å². The van der Waals surface area contributed by atoms with Gasteiger partial charge < -0.3 is 0 Å². The van der Waals surface area contributed by atoms with Crippen molar-refractivity contribution in [3.63, 3.8) is 0 Å². The lowest BCUT2D eigenvalue weighted by Gasteiger charge is -2.01. The number of nitriles is 2. The van der Waals surface area contributed by atoms with E-state index in [1.807, 2.05) is 6.26 Å². The average molecular weight is 216 g/mol. The van der Waals surface area contributed by atoms with E-state index in [0.717, 1.165) is 4.90 Å². The molecule has 1 rings (SSSR count). The van der Waals surface area contributed by atoms with Gasteiger partial charge in [0, 0.05) is 10.5 Å². The van der Waals surface area contributed by atoms with Gasteiger partial charge in [-0.25, -0.2) is 0 Å². The normalized spacial score (nSPS) is 9.33. The van der Waals surface area contributed by atoms with Gasteiger partial charge in [0.15, 0.2) is 11.7 Å². The molecule has 0 amide bonds. The third kappa shape index (κ3) is 2.59. The first-order valence-electron chi connectivity index (χ1n) is 4.20. The Hall–Kier alpha value is -1.78. The molecule has 1 aromatic rings. The minimum Gasteiger partial charge on any atom is -0.291 e. The maximum absolute atomic E-state index is 11.6. The highest BCUT2D eigenvalue weighted by Crippen LogP contribution is 2.16. The van der Waals surface area contributed by atoms with E-state index in [0.29, 0.717) is 5.56 Å². The summed E-state index contributed by atoms with van der Waals surface area (Å²) in [5.74, 6) is -1.64. The van der Waals surface area contributed by atoms with E-state index in [-0.39, 0.29) is 0 Å². The Morgan fingerprint density at radius 1 is 1.27 bits per heavy atom. The third-order valence-corrected chi connectivity index (χ3v) is 2.64. The highest BCUT2D eigenvalue weighted by Gasteiger charge is 2.18. The van der Waals surface area contributed by atoms with E-state index in [9.17, 15) is 4.79 Å². The summed E-state index contributed by atoms with van der Waals surface area (Å²) < 4.78 is 0. The van der Waals surface area contributed by atoms with E-state index < -0.39 is 11.7 Å². The lowest BCUT2D eigenvalue weighted by atomic mass is 10.0. The molecule has 15 heavy (non-hydrogen) atoms. The predicted molar refractivity (Wildman–Crippen MR) is 57.3 cm³/mol. The van der Waals surface area contributed by atoms with Crippen LogP contribution in [0.3, 0.4) is 0 Å². The Bertz CT molecular complexity index is 425. The quantitative estimate of drug-likeness (QED) is 0.574. The maximum atomic E-state index is 11.6. The summed E-state index contributed by atoms with van der Waals surface area (Å²) in [4.78, 5) is 12.6. The number of hydrogen-bond acceptors (Lipinski definition) is 4. The van der Waals surface area contributed by atoms with Crippen LogP contribution in [0.2, 0.25) is 0 Å². The van der Waals surface area contributed by atoms with Gasteiger partial charge in [-0.3, -0.25) is 4.79 Å². The van der Waals surface area contributed by atoms with E-state index in [1.54, 1.807) is 48.2 Å². The standard InChI is InChI=1S/C11H8N2OS/c1-15-10-4-2-8(3-5-10)11(14)9(6-12)7-13/h2-5,9H,1H3. The van der Waals surface area contributed by atoms with Crippen LogP contribution in [0.25, 0.3) is 0 Å². The van der Waals surface area contributed by atoms with Crippen molar-refractivity contribution in [3.05, 3.63) is 29.8 Å². The predicted octanol–water partition coefficient (Wildman–Crippen LogP) is 2.25. The van der Waals surface area contributed by atoms with Crippen LogP contribution in [0.15, 0.2) is 29.2 Å². The second kappa shape index (κ2) is 5.19. The summed E-state index contributed by atoms with van der Waals surface area (Å²) in [6.07, 6.45) is 1.93. The highest BCUT2D eigenvalue weighted by molar-refractivity contribution is 7.98. The van der Waals surface area contributed by atoms with Crippen molar-refractivity contribution in [1.29, 1.82) is 10.5 Å². The number of carbonyl (C=O) groups is 1. The number of Topliss-reactive ketones (excluding diaryl/α,β-unsaturated/α-hetero) is 1. The molecule has 0 spiro atoms. The van der Waals surface area contributed by atoms with Gasteiger partial charge >= 0.3 is 0 Å². The van der Waals surface area contributed by atoms with Crippen LogP contribution in [0, 0.1) is 28.6 Å². The summed E-state index contributed by atoms with van der Waals surface area (Å²) in [5, 5.41) is 17.1. The molecule has 0 bridgehead atoms. The Morgan fingerprint density at radius 2 is 1.80 bits per heavy atom. The van der Waals surface area contributed by atoms with E-state index in [4.69, 9.17) is 10.5 Å². The minimum atomic E-state index is -1.20. The zero-order chi connectivity index (χ0) is 11.3. The molecular formula is C11H8N2OS. The number of nitrogens with zero attached hydrogens (tertiary/aromatic N) is 2. The molecule has 0 heterocycles. The topological polar surface area (TPSA) is 64.7 Å². The molecule has 0 aliphatic carbocycles. The van der Waals surface area contributed by atoms with Crippen molar-refractivity contribution >= 4 is 17.5 Å². The van der Waals surface area contributed by atoms with Crippen LogP contribution < -0.4 is 0 Å². The van der Waals surface area contributed by atoms with Gasteiger partial charge in [0.25, 0.3) is 0 Å². The summed E-state index contributed by atoms with van der Waals surface area (Å²) in [7, 11) is 0. The Morgan fingerprint density at radius 3 is 2.20 bits per heavy atom. The number of hydrogen-bond donors (Lipinski definition) is 0. The number of thioether (sulfide) groups is 1. The largest absolute Gasteiger partial charge is 0.291 e. The molecule has 0 N–H and O–H groups in total. The zero-order valence-electron chi connectivity index (χ0n) is 8.10. The van der Waals surface area contributed by atoms with Crippen LogP contribution in [-0.4, -0.2) is 12.0 Å². The summed E-state index contributed by atoms with van der Waals surface area (Å²) in [6, 6.07) is 10.2. The van der Waals surface area contributed by atoms with E-state index >= 15 is 0 Å². The molecule has 4 heteroatoms. The fourth-order valence-electron chi connectivity index (χ4n) is 1.07. The van der Waals surface area contributed by atoms with Crippen molar-refractivity contribution in [1.82, 2.24) is 0 Å². The number of rotatable bonds is 3. The maximum Gasteiger partial charge on any atom is 0.195 e. The third-order valence-electron chi connectivity index (χ3n) is 1.89. The monoisotopic (exact) mass is 216 g/mol. The first-order valence-corrected chi connectivity index (χ1v) is 5.43. The van der Waals surface area contributed by atoms with Crippen molar-refractivity contribution in [2.75, 3.05) is 6.26 Å². The second-order valence-electron chi connectivity index (χ2n) is 2.78. The van der Waals surface area contributed by atoms with Gasteiger partial charge in [0.2, 0.25) is 0 Å². The van der Waals surface area contributed by atoms with Crippen LogP contribution in [0.5, 0.6) is 0 Å². The first-order chi connectivity index (χ1) is 7.22. The molecule has 0 radical (unpaired) electrons. The smallest absolute Gasteiger partial charge is 0.195 e. The molecule has 0 saturated heterocycles. The van der Waals surface area contributed by atoms with Crippen molar-refractivity contribution in [2.45, 2.75) is 4.90 Å². The lowest BCUT2D eigenvalue weighted by molar-refractivity contribution is 0.0971. The van der Waals surface area contributed by atoms with Gasteiger partial charge in [-0.15, -0.1) is 11.8 Å². The Kier molecular flexibility index (Phi) is 3.91. The molecule has 0 unspecified atom stereocenters. The molecule has 1 aromatic carbocycles. The number of ketones is 1. The van der Waals surface area contributed by atoms with Gasteiger partial charge in [-0.2, -0.15) is 10.5 Å². The van der Waals surface area contributed by atoms with E-state index in [2.05, 4.69) is 0 Å². The first kappa shape index (κ1) is 11.3. The SMILES string of the molecule is CSc1ccc(C(=O)C(C#N)C#N)cc1. The molecule has 74 valence electrons. The average Bonchev–Trinajstić information content (AvgIpc) is 2.30. The van der Waals surface area contributed by atoms with Gasteiger partial charge in [0.1, 0.15) is 0 Å². The van der Waals surface area contributed by atoms with Gasteiger partial charge in [-0.1, -0.05) is 12.1 Å². The van der Waals surface area contributed by atoms with Crippen molar-refractivity contribution < 1.29 is 4.79 Å².